The third kappa shape index (κ3) is 25.4. The second-order valence-electron chi connectivity index (χ2n) is 28.0. The third-order valence-electron chi connectivity index (χ3n) is 20.1. The average molecular weight is 1580 g/mol. The maximum Gasteiger partial charge on any atom is 0.471 e. The molecule has 35 heteroatoms. The molecule has 2 aliphatic rings. The number of halogens is 6. The molecule has 108 heavy (non-hydrogen) atoms. The molecule has 0 aromatic heterocycles. The van der Waals surface area contributed by atoms with Crippen molar-refractivity contribution < 1.29 is 110 Å². The van der Waals surface area contributed by atoms with Crippen LogP contribution in [-0.2, 0) is 93.5 Å². The van der Waals surface area contributed by atoms with Gasteiger partial charge in [-0.25, -0.2) is 26.3 Å². The van der Waals surface area contributed by atoms with Crippen LogP contribution in [0, 0.1) is 41.4 Å². The molecule has 0 unspecified atom stereocenters. The highest BCUT2D eigenvalue weighted by atomic mass is 32.2. The summed E-state index contributed by atoms with van der Waals surface area (Å²) in [5.41, 5.74) is 6.39. The van der Waals surface area contributed by atoms with Crippen LogP contribution < -0.4 is 25.8 Å². The lowest BCUT2D eigenvalue weighted by Crippen LogP contribution is -2.56. The number of sulfonamides is 2. The molecule has 0 spiro atoms. The fourth-order valence-electron chi connectivity index (χ4n) is 13.4. The number of hydrogen-bond acceptors (Lipinski definition) is 19. The smallest absolute Gasteiger partial charge is 0.461 e. The van der Waals surface area contributed by atoms with Crippen LogP contribution in [0.4, 0.5) is 37.7 Å². The van der Waals surface area contributed by atoms with Gasteiger partial charge in [-0.3, -0.25) is 43.2 Å². The van der Waals surface area contributed by atoms with Gasteiger partial charge in [-0.15, -0.1) is 0 Å². The van der Waals surface area contributed by atoms with E-state index in [1.54, 1.807) is 44.3 Å². The van der Waals surface area contributed by atoms with Crippen molar-refractivity contribution in [1.29, 1.82) is 0 Å². The number of nitrogens with two attached hydrogens (primary N) is 1. The van der Waals surface area contributed by atoms with Gasteiger partial charge in [0.1, 0.15) is 6.61 Å². The molecule has 3 aromatic rings. The second kappa shape index (κ2) is 41.3. The Labute approximate surface area is 629 Å². The quantitative estimate of drug-likeness (QED) is 0.0270. The molecule has 14 atom stereocenters. The number of amides is 8. The normalized spacial score (nSPS) is 18.3. The van der Waals surface area contributed by atoms with Crippen LogP contribution in [0.25, 0.3) is 0 Å². The van der Waals surface area contributed by atoms with Crippen molar-refractivity contribution in [2.45, 2.75) is 210 Å². The number of methoxy groups -OCH3 is 4. The zero-order valence-corrected chi connectivity index (χ0v) is 65.7. The first kappa shape index (κ1) is 92.6. The van der Waals surface area contributed by atoms with E-state index in [1.165, 1.54) is 42.3 Å². The van der Waals surface area contributed by atoms with Gasteiger partial charge in [0.05, 0.1) is 101 Å². The average Bonchev–Trinajstić information content (AvgIpc) is 1.47. The lowest BCUT2D eigenvalue weighted by molar-refractivity contribution is -0.167. The SMILES string of the molecule is CC[C@H](C)[C@@H]([C@@H](CC(=O)N1CCC[C@H]1[C@H](OC)[C@@H](C)C(=O)NS(=O)(=O)c1ccc(NC(=O)C(F)(F)F)cc1)OC)N(C)C(=O)[C@@H](CC(=O)OCc1ccccc1)C(C)C.CC[C@H](C)[C@@H]([C@@H](CC(=O)N1CCC[C@H]1[C@H](OC)[C@@H](C)C(=O)NS(=O)(=O)c1ccc(NC(=O)C(F)(F)F)cc1)OC)N(C)C(=O)[C@@H](N)C(C)C. The number of carbonyl (C=O) groups is 9. The van der Waals surface area contributed by atoms with E-state index < -0.39 is 144 Å². The van der Waals surface area contributed by atoms with Gasteiger partial charge < -0.3 is 59.7 Å². The van der Waals surface area contributed by atoms with Crippen LogP contribution in [0.15, 0.2) is 88.7 Å². The first-order valence-corrected chi connectivity index (χ1v) is 38.6. The van der Waals surface area contributed by atoms with E-state index in [9.17, 15) is 86.3 Å². The molecule has 2 aliphatic heterocycles. The molecule has 2 saturated heterocycles. The van der Waals surface area contributed by atoms with E-state index in [2.05, 4.69) is 0 Å². The Morgan fingerprint density at radius 2 is 0.907 bits per heavy atom. The van der Waals surface area contributed by atoms with Crippen LogP contribution in [0.1, 0.15) is 133 Å². The molecule has 8 amide bonds. The van der Waals surface area contributed by atoms with Gasteiger partial charge in [-0.2, -0.15) is 26.3 Å². The molecule has 2 fully saturated rings. The van der Waals surface area contributed by atoms with Gasteiger partial charge in [0.2, 0.25) is 35.4 Å². The van der Waals surface area contributed by atoms with Crippen molar-refractivity contribution in [3.8, 4) is 0 Å². The van der Waals surface area contributed by atoms with Crippen LogP contribution >= 0.6 is 0 Å². The molecular weight excluding hydrogens is 1470 g/mol. The van der Waals surface area contributed by atoms with Gasteiger partial charge >= 0.3 is 30.1 Å². The number of likely N-dealkylation sites (tertiary alicyclic amines) is 2. The number of hydrogen-bond donors (Lipinski definition) is 5. The summed E-state index contributed by atoms with van der Waals surface area (Å²) in [6.45, 7) is 19.0. The number of nitrogens with zero attached hydrogens (tertiary/aromatic N) is 4. The Balaban J connectivity index is 0.000000465. The number of nitrogens with one attached hydrogen (secondary N) is 4. The Morgan fingerprint density at radius 3 is 1.23 bits per heavy atom. The number of anilines is 2. The number of alkyl halides is 6. The molecule has 0 aliphatic carbocycles. The first-order chi connectivity index (χ1) is 50.4. The van der Waals surface area contributed by atoms with E-state index in [-0.39, 0.29) is 84.5 Å². The number of rotatable bonds is 36. The lowest BCUT2D eigenvalue weighted by Gasteiger charge is -2.40. The van der Waals surface area contributed by atoms with E-state index in [0.717, 1.165) is 54.1 Å². The minimum Gasteiger partial charge on any atom is -0.461 e. The largest absolute Gasteiger partial charge is 0.471 e. The van der Waals surface area contributed by atoms with Crippen molar-refractivity contribution >= 4 is 84.6 Å². The molecule has 0 bridgehead atoms. The minimum absolute atomic E-state index is 0.0346. The Kier molecular flexibility index (Phi) is 35.4. The van der Waals surface area contributed by atoms with Crippen molar-refractivity contribution in [3.63, 3.8) is 0 Å². The maximum atomic E-state index is 14.1. The summed E-state index contributed by atoms with van der Waals surface area (Å²) in [7, 11) is -0.0268. The number of ether oxygens (including phenoxy) is 5. The monoisotopic (exact) mass is 1580 g/mol. The molecule has 3 aromatic carbocycles. The molecule has 5 rings (SSSR count). The standard InChI is InChI=1S/C41H57F3N4O10S.C32H50F3N5O8S/c1-9-26(4)36(47(6)39(52)31(25(2)3)22-35(50)58-24-28-14-11-10-12-15-28)33(56-7)23-34(49)48-21-13-16-32(48)37(57-8)27(5)38(51)46-59(54,55)30-19-17-29(18-20-30)45-40(53)41(42,43)44;1-9-19(4)27(39(6)30(43)26(36)18(2)3)24(47-7)17-25(41)40-16-10-11-23(40)28(48-8)20(5)29(42)38-49(45,46)22-14-12-21(13-15-22)37-31(44)32(33,34)35/h10-12,14-15,17-20,25-27,31-33,36-37H,9,13,16,21-24H2,1-8H3,(H,45,53)(H,46,51);12-15,18-20,23-24,26-28H,9-11,16-17,36H2,1-8H3,(H,37,44)(H,38,42)/t26-,27+,31-,32-,33+,36-,37+;19-,20+,23-,24+,26-,27-,28+/m00/s1. The summed E-state index contributed by atoms with van der Waals surface area (Å²) in [6, 6.07) is 13.8. The second-order valence-corrected chi connectivity index (χ2v) is 31.4. The van der Waals surface area contributed by atoms with Crippen LogP contribution in [0.2, 0.25) is 0 Å². The topological polar surface area (TPSA) is 355 Å². The molecule has 0 saturated carbocycles. The summed E-state index contributed by atoms with van der Waals surface area (Å²) >= 11 is 0. The molecular formula is C73H107F6N9O18S2. The minimum atomic E-state index is -5.15. The number of likely N-dealkylation sites (N-methyl/N-ethyl adjacent to an activating group) is 2. The number of benzene rings is 3. The highest BCUT2D eigenvalue weighted by Gasteiger charge is 2.47. The fraction of sp³-hybridized carbons (Fsp3) is 0.630. The van der Waals surface area contributed by atoms with Gasteiger partial charge in [0.15, 0.2) is 0 Å². The summed E-state index contributed by atoms with van der Waals surface area (Å²) in [5, 5.41) is 3.22. The summed E-state index contributed by atoms with van der Waals surface area (Å²) < 4.78 is 160. The van der Waals surface area contributed by atoms with Crippen LogP contribution in [0.3, 0.4) is 0 Å². The van der Waals surface area contributed by atoms with Gasteiger partial charge in [0, 0.05) is 67.0 Å². The van der Waals surface area contributed by atoms with E-state index in [1.807, 2.05) is 95.2 Å². The third-order valence-corrected chi connectivity index (χ3v) is 22.8. The predicted octanol–water partition coefficient (Wildman–Crippen LogP) is 8.21. The molecule has 0 radical (unpaired) electrons. The highest BCUT2D eigenvalue weighted by molar-refractivity contribution is 7.90. The zero-order valence-electron chi connectivity index (χ0n) is 64.0. The predicted molar refractivity (Wildman–Crippen MR) is 387 cm³/mol. The fourth-order valence-corrected chi connectivity index (χ4v) is 15.5. The van der Waals surface area contributed by atoms with E-state index in [0.29, 0.717) is 51.6 Å². The highest BCUT2D eigenvalue weighted by Crippen LogP contribution is 2.34. The number of carbonyl (C=O) groups excluding carboxylic acids is 9. The van der Waals surface area contributed by atoms with Gasteiger partial charge in [-0.1, -0.05) is 112 Å². The summed E-state index contributed by atoms with van der Waals surface area (Å²) in [4.78, 5) is 123. The first-order valence-electron chi connectivity index (χ1n) is 35.7. The Morgan fingerprint density at radius 1 is 0.537 bits per heavy atom. The van der Waals surface area contributed by atoms with E-state index >= 15 is 0 Å². The number of esters is 1. The van der Waals surface area contributed by atoms with Crippen LogP contribution in [-0.4, -0.2) is 212 Å². The Bertz CT molecular complexity index is 3730. The van der Waals surface area contributed by atoms with Gasteiger partial charge in [-0.05, 0) is 103 Å². The van der Waals surface area contributed by atoms with Gasteiger partial charge in [0.25, 0.3) is 20.0 Å². The zero-order chi connectivity index (χ0) is 81.7. The van der Waals surface area contributed by atoms with Crippen LogP contribution in [0.5, 0.6) is 0 Å². The van der Waals surface area contributed by atoms with Crippen molar-refractivity contribution in [2.24, 2.45) is 47.2 Å². The van der Waals surface area contributed by atoms with E-state index in [4.69, 9.17) is 29.4 Å². The molecule has 6 N–H and O–H groups in total. The summed E-state index contributed by atoms with van der Waals surface area (Å²) in [5.74, 6) is -11.3. The molecule has 27 nitrogen and oxygen atoms in total. The van der Waals surface area contributed by atoms with Crippen molar-refractivity contribution in [3.05, 3.63) is 84.4 Å². The van der Waals surface area contributed by atoms with Crippen molar-refractivity contribution in [1.82, 2.24) is 29.0 Å². The lowest BCUT2D eigenvalue weighted by atomic mass is 9.87. The Hall–Kier alpha value is -7.83. The summed E-state index contributed by atoms with van der Waals surface area (Å²) in [6.07, 6.45) is -10.4. The molecule has 606 valence electrons. The maximum absolute atomic E-state index is 14.1. The van der Waals surface area contributed by atoms with Crippen molar-refractivity contribution in [2.75, 3.05) is 66.3 Å². The molecule has 2 heterocycles.